The first-order chi connectivity index (χ1) is 11.4. The Morgan fingerprint density at radius 3 is 1.04 bits per heavy atom. The zero-order chi connectivity index (χ0) is 19.3. The SMILES string of the molecule is CCCC[N+](CCCC)(CCCC)CCCC.CC[NH3+].O=[N+]([O-])O.[I-].[I-]. The summed E-state index contributed by atoms with van der Waals surface area (Å²) in [5, 5.41) is 13.6. The monoisotopic (exact) mass is 605 g/mol. The molecule has 0 amide bonds. The maximum atomic E-state index is 8.36. The van der Waals surface area contributed by atoms with Gasteiger partial charge in [-0.3, -0.25) is 0 Å². The second kappa shape index (κ2) is 30.3. The third-order valence-electron chi connectivity index (χ3n) is 3.94. The van der Waals surface area contributed by atoms with Crippen LogP contribution in [0.15, 0.2) is 0 Å². The molecule has 26 heavy (non-hydrogen) atoms. The number of nitrogens with zero attached hydrogens (tertiary/aromatic N) is 2. The first kappa shape index (κ1) is 37.3. The molecule has 0 rings (SSSR count). The summed E-state index contributed by atoms with van der Waals surface area (Å²) in [5.74, 6) is 0. The summed E-state index contributed by atoms with van der Waals surface area (Å²) in [6, 6.07) is 0. The van der Waals surface area contributed by atoms with Gasteiger partial charge in [-0.2, -0.15) is 0 Å². The minimum atomic E-state index is -1.50. The summed E-state index contributed by atoms with van der Waals surface area (Å²) in [6.45, 7) is 18.0. The van der Waals surface area contributed by atoms with Crippen LogP contribution in [0.1, 0.15) is 86.0 Å². The lowest BCUT2D eigenvalue weighted by molar-refractivity contribution is -0.929. The Hall–Kier alpha value is 0.580. The quantitative estimate of drug-likeness (QED) is 0.116. The van der Waals surface area contributed by atoms with Gasteiger partial charge in [-0.1, -0.05) is 53.4 Å². The molecular weight excluding hydrogens is 560 g/mol. The van der Waals surface area contributed by atoms with Gasteiger partial charge >= 0.3 is 0 Å². The summed E-state index contributed by atoms with van der Waals surface area (Å²) in [6.07, 6.45) is 11.1. The summed E-state index contributed by atoms with van der Waals surface area (Å²) >= 11 is 0. The molecule has 0 saturated heterocycles. The molecule has 164 valence electrons. The van der Waals surface area contributed by atoms with Gasteiger partial charge < -0.3 is 63.4 Å². The van der Waals surface area contributed by atoms with Crippen molar-refractivity contribution in [1.82, 2.24) is 0 Å². The van der Waals surface area contributed by atoms with Crippen molar-refractivity contribution >= 4 is 0 Å². The largest absolute Gasteiger partial charge is 1.00 e. The Kier molecular flexibility index (Phi) is 43.5. The lowest BCUT2D eigenvalue weighted by Gasteiger charge is -2.39. The van der Waals surface area contributed by atoms with E-state index in [0.29, 0.717) is 0 Å². The Labute approximate surface area is 196 Å². The normalized spacial score (nSPS) is 9.46. The maximum absolute atomic E-state index is 8.36. The van der Waals surface area contributed by atoms with Crippen LogP contribution in [-0.4, -0.2) is 47.5 Å². The van der Waals surface area contributed by atoms with Gasteiger partial charge in [-0.25, -0.2) is 0 Å². The zero-order valence-corrected chi connectivity index (χ0v) is 22.1. The minimum absolute atomic E-state index is 0. The summed E-state index contributed by atoms with van der Waals surface area (Å²) in [7, 11) is 0. The van der Waals surface area contributed by atoms with Crippen molar-refractivity contribution in [1.29, 1.82) is 0 Å². The molecule has 0 spiro atoms. The van der Waals surface area contributed by atoms with E-state index in [9.17, 15) is 0 Å². The lowest BCUT2D eigenvalue weighted by Crippen LogP contribution is -3.00. The van der Waals surface area contributed by atoms with Crippen LogP contribution >= 0.6 is 0 Å². The minimum Gasteiger partial charge on any atom is -1.00 e. The van der Waals surface area contributed by atoms with Crippen LogP contribution in [0.4, 0.5) is 0 Å². The fourth-order valence-electron chi connectivity index (χ4n) is 2.64. The standard InChI is InChI=1S/C16H36N.C2H7N.2HI.HNO3/c1-5-9-13-17(14-10-6-2,15-11-7-3)16-12-8-4;1-2-3;;;2-1(3)4/h5-16H2,1-4H3;2-3H2,1H3;2*1H;(H,2,3,4)/q+1;;;;/p-1. The molecule has 4 N–H and O–H groups in total. The molecule has 8 heteroatoms. The van der Waals surface area contributed by atoms with Crippen LogP contribution in [0.25, 0.3) is 0 Å². The summed E-state index contributed by atoms with van der Waals surface area (Å²) in [5.41, 5.74) is 3.49. The highest BCUT2D eigenvalue weighted by molar-refractivity contribution is 4.49. The van der Waals surface area contributed by atoms with E-state index in [-0.39, 0.29) is 48.0 Å². The van der Waals surface area contributed by atoms with Gasteiger partial charge in [-0.05, 0) is 32.6 Å². The van der Waals surface area contributed by atoms with E-state index >= 15 is 0 Å². The zero-order valence-electron chi connectivity index (χ0n) is 17.8. The van der Waals surface area contributed by atoms with Gasteiger partial charge in [-0.15, -0.1) is 10.1 Å². The number of halogens is 2. The third kappa shape index (κ3) is 32.3. The van der Waals surface area contributed by atoms with E-state index in [1.165, 1.54) is 82.0 Å². The van der Waals surface area contributed by atoms with Crippen molar-refractivity contribution in [3.63, 3.8) is 0 Å². The molecule has 0 aromatic rings. The average Bonchev–Trinajstić information content (AvgIpc) is 2.54. The molecule has 0 aliphatic heterocycles. The number of unbranched alkanes of at least 4 members (excludes halogenated alkanes) is 4. The van der Waals surface area contributed by atoms with Gasteiger partial charge in [0.15, 0.2) is 0 Å². The maximum Gasteiger partial charge on any atom is 0.291 e. The molecular formula is C18H45I2N3O3. The van der Waals surface area contributed by atoms with Crippen molar-refractivity contribution < 1.29 is 68.5 Å². The number of rotatable bonds is 12. The second-order valence-corrected chi connectivity index (χ2v) is 6.39. The van der Waals surface area contributed by atoms with Crippen LogP contribution in [0.2, 0.25) is 0 Å². The van der Waals surface area contributed by atoms with E-state index in [1.807, 2.05) is 6.92 Å². The first-order valence-electron chi connectivity index (χ1n) is 9.87. The smallest absolute Gasteiger partial charge is 0.291 e. The molecule has 0 fully saturated rings. The van der Waals surface area contributed by atoms with Crippen molar-refractivity contribution in [2.24, 2.45) is 0 Å². The van der Waals surface area contributed by atoms with Crippen LogP contribution in [0.5, 0.6) is 0 Å². The average molecular weight is 605 g/mol. The van der Waals surface area contributed by atoms with Gasteiger partial charge in [0.05, 0.1) is 32.7 Å². The molecule has 0 radical (unpaired) electrons. The van der Waals surface area contributed by atoms with Crippen molar-refractivity contribution in [3.8, 4) is 0 Å². The Morgan fingerprint density at radius 2 is 0.923 bits per heavy atom. The van der Waals surface area contributed by atoms with Gasteiger partial charge in [0, 0.05) is 0 Å². The molecule has 0 aromatic heterocycles. The molecule has 0 bridgehead atoms. The molecule has 0 unspecified atom stereocenters. The lowest BCUT2D eigenvalue weighted by atomic mass is 10.1. The topological polar surface area (TPSA) is 91.0 Å². The summed E-state index contributed by atoms with van der Waals surface area (Å²) in [4.78, 5) is 8.36. The van der Waals surface area contributed by atoms with Crippen LogP contribution < -0.4 is 53.7 Å². The highest BCUT2D eigenvalue weighted by Gasteiger charge is 2.24. The second-order valence-electron chi connectivity index (χ2n) is 6.39. The van der Waals surface area contributed by atoms with E-state index in [1.54, 1.807) is 0 Å². The predicted octanol–water partition coefficient (Wildman–Crippen LogP) is -2.09. The van der Waals surface area contributed by atoms with Crippen LogP contribution in [-0.2, 0) is 0 Å². The van der Waals surface area contributed by atoms with Crippen molar-refractivity contribution in [3.05, 3.63) is 10.1 Å². The fourth-order valence-corrected chi connectivity index (χ4v) is 2.64. The van der Waals surface area contributed by atoms with Gasteiger partial charge in [0.1, 0.15) is 0 Å². The molecule has 0 heterocycles. The van der Waals surface area contributed by atoms with Gasteiger partial charge in [0.25, 0.3) is 5.09 Å². The van der Waals surface area contributed by atoms with Crippen LogP contribution in [0, 0.1) is 10.1 Å². The van der Waals surface area contributed by atoms with E-state index in [0.717, 1.165) is 6.54 Å². The molecule has 0 saturated carbocycles. The van der Waals surface area contributed by atoms with Crippen molar-refractivity contribution in [2.45, 2.75) is 86.0 Å². The van der Waals surface area contributed by atoms with Crippen LogP contribution in [0.3, 0.4) is 0 Å². The molecule has 6 nitrogen and oxygen atoms in total. The number of hydrogen-bond acceptors (Lipinski definition) is 2. The molecule has 0 atom stereocenters. The highest BCUT2D eigenvalue weighted by atomic mass is 127. The third-order valence-corrected chi connectivity index (χ3v) is 3.94. The van der Waals surface area contributed by atoms with E-state index < -0.39 is 5.09 Å². The van der Waals surface area contributed by atoms with Gasteiger partial charge in [0.2, 0.25) is 0 Å². The van der Waals surface area contributed by atoms with E-state index in [2.05, 4.69) is 33.4 Å². The molecule has 0 aliphatic carbocycles. The molecule has 0 aromatic carbocycles. The Bertz CT molecular complexity index is 220. The van der Waals surface area contributed by atoms with E-state index in [4.69, 9.17) is 15.3 Å². The van der Waals surface area contributed by atoms with Crippen molar-refractivity contribution in [2.75, 3.05) is 32.7 Å². The summed E-state index contributed by atoms with van der Waals surface area (Å²) < 4.78 is 1.42. The Balaban J connectivity index is -0.000000140. The predicted molar refractivity (Wildman–Crippen MR) is 102 cm³/mol. The number of quaternary nitrogens is 2. The first-order valence-corrected chi connectivity index (χ1v) is 9.87. The Morgan fingerprint density at radius 1 is 0.769 bits per heavy atom. The number of hydrogen-bond donors (Lipinski definition) is 2. The highest BCUT2D eigenvalue weighted by Crippen LogP contribution is 2.16. The molecule has 0 aliphatic rings. The fraction of sp³-hybridized carbons (Fsp3) is 1.00.